The van der Waals surface area contributed by atoms with E-state index in [4.69, 9.17) is 0 Å². The topological polar surface area (TPSA) is 20.2 Å². The van der Waals surface area contributed by atoms with Gasteiger partial charge in [0, 0.05) is 5.92 Å². The molecule has 0 spiro atoms. The molecule has 0 radical (unpaired) electrons. The fraction of sp³-hybridized carbons (Fsp3) is 0.200. The van der Waals surface area contributed by atoms with Crippen LogP contribution >= 0.6 is 0 Å². The van der Waals surface area contributed by atoms with Crippen LogP contribution < -0.4 is 0 Å². The van der Waals surface area contributed by atoms with Crippen molar-refractivity contribution in [3.8, 4) is 0 Å². The van der Waals surface area contributed by atoms with E-state index in [0.29, 0.717) is 0 Å². The molecule has 1 atom stereocenters. The van der Waals surface area contributed by atoms with Crippen LogP contribution in [0.2, 0.25) is 0 Å². The van der Waals surface area contributed by atoms with Gasteiger partial charge in [0.15, 0.2) is 0 Å². The number of hydrogen-bond donors (Lipinski definition) is 1. The van der Waals surface area contributed by atoms with Crippen molar-refractivity contribution in [3.05, 3.63) is 49.1 Å². The Labute approximate surface area is 67.1 Å². The van der Waals surface area contributed by atoms with Gasteiger partial charge in [-0.1, -0.05) is 42.5 Å². The first kappa shape index (κ1) is 8.02. The number of hydrogen-bond acceptors (Lipinski definition) is 1. The Hall–Kier alpha value is -1.08. The highest BCUT2D eigenvalue weighted by molar-refractivity contribution is 5.21. The smallest absolute Gasteiger partial charge is 0.0815 e. The summed E-state index contributed by atoms with van der Waals surface area (Å²) in [5.74, 6) is 0.0718. The number of rotatable bonds is 2. The van der Waals surface area contributed by atoms with Crippen LogP contribution in [-0.2, 0) is 0 Å². The van der Waals surface area contributed by atoms with Crippen LogP contribution in [-0.4, -0.2) is 11.2 Å². The molecule has 1 heteroatoms. The van der Waals surface area contributed by atoms with Crippen molar-refractivity contribution in [2.24, 2.45) is 5.92 Å². The Balaban J connectivity index is 2.66. The zero-order valence-corrected chi connectivity index (χ0v) is 6.35. The SMILES string of the molecule is C=CC(O)C1C=CC=CC=C1. The summed E-state index contributed by atoms with van der Waals surface area (Å²) in [4.78, 5) is 0. The monoisotopic (exact) mass is 148 g/mol. The summed E-state index contributed by atoms with van der Waals surface area (Å²) >= 11 is 0. The highest BCUT2D eigenvalue weighted by atomic mass is 16.3. The van der Waals surface area contributed by atoms with Crippen molar-refractivity contribution in [3.63, 3.8) is 0 Å². The summed E-state index contributed by atoms with van der Waals surface area (Å²) in [6, 6.07) is 0. The molecular weight excluding hydrogens is 136 g/mol. The lowest BCUT2D eigenvalue weighted by molar-refractivity contribution is 0.197. The van der Waals surface area contributed by atoms with Crippen molar-refractivity contribution in [1.29, 1.82) is 0 Å². The third-order valence-electron chi connectivity index (χ3n) is 1.64. The lowest BCUT2D eigenvalue weighted by Gasteiger charge is -2.10. The minimum absolute atomic E-state index is 0.0718. The van der Waals surface area contributed by atoms with Gasteiger partial charge in [0.25, 0.3) is 0 Å². The molecule has 58 valence electrons. The van der Waals surface area contributed by atoms with Gasteiger partial charge < -0.3 is 5.11 Å². The van der Waals surface area contributed by atoms with Crippen molar-refractivity contribution in [2.45, 2.75) is 6.10 Å². The van der Waals surface area contributed by atoms with E-state index in [2.05, 4.69) is 6.58 Å². The molecule has 0 aromatic heterocycles. The molecule has 1 N–H and O–H groups in total. The molecule has 0 heterocycles. The van der Waals surface area contributed by atoms with Crippen molar-refractivity contribution < 1.29 is 5.11 Å². The van der Waals surface area contributed by atoms with Crippen LogP contribution in [0.1, 0.15) is 0 Å². The first-order chi connectivity index (χ1) is 5.34. The minimum Gasteiger partial charge on any atom is -0.388 e. The van der Waals surface area contributed by atoms with E-state index in [1.165, 1.54) is 0 Å². The third kappa shape index (κ3) is 2.20. The number of aliphatic hydroxyl groups excluding tert-OH is 1. The molecule has 1 aliphatic rings. The summed E-state index contributed by atoms with van der Waals surface area (Å²) in [5.41, 5.74) is 0. The standard InChI is InChI=1S/C10H12O/c1-2-10(11)9-7-5-3-4-6-8-9/h2-11H,1H2. The van der Waals surface area contributed by atoms with E-state index in [1.54, 1.807) is 6.08 Å². The summed E-state index contributed by atoms with van der Waals surface area (Å²) < 4.78 is 0. The maximum Gasteiger partial charge on any atom is 0.0815 e. The third-order valence-corrected chi connectivity index (χ3v) is 1.64. The predicted molar refractivity (Wildman–Crippen MR) is 47.1 cm³/mol. The van der Waals surface area contributed by atoms with Crippen molar-refractivity contribution in [1.82, 2.24) is 0 Å². The molecule has 0 amide bonds. The number of allylic oxidation sites excluding steroid dienone is 4. The van der Waals surface area contributed by atoms with Crippen LogP contribution in [0.4, 0.5) is 0 Å². The zero-order valence-electron chi connectivity index (χ0n) is 6.35. The minimum atomic E-state index is -0.470. The van der Waals surface area contributed by atoms with Gasteiger partial charge in [-0.25, -0.2) is 0 Å². The van der Waals surface area contributed by atoms with Gasteiger partial charge in [0.2, 0.25) is 0 Å². The Kier molecular flexibility index (Phi) is 2.87. The van der Waals surface area contributed by atoms with Crippen molar-refractivity contribution >= 4 is 0 Å². The van der Waals surface area contributed by atoms with Gasteiger partial charge in [-0.3, -0.25) is 0 Å². The lowest BCUT2D eigenvalue weighted by atomic mass is 10.0. The van der Waals surface area contributed by atoms with Gasteiger partial charge in [0.1, 0.15) is 0 Å². The van der Waals surface area contributed by atoms with Gasteiger partial charge in [-0.05, 0) is 0 Å². The van der Waals surface area contributed by atoms with E-state index < -0.39 is 6.10 Å². The second-order valence-electron chi connectivity index (χ2n) is 2.46. The maximum absolute atomic E-state index is 9.36. The normalized spacial score (nSPS) is 19.7. The molecule has 0 aliphatic heterocycles. The summed E-state index contributed by atoms with van der Waals surface area (Å²) in [5, 5.41) is 9.36. The van der Waals surface area contributed by atoms with E-state index in [9.17, 15) is 5.11 Å². The fourth-order valence-corrected chi connectivity index (χ4v) is 0.962. The Bertz CT molecular complexity index is 195. The Morgan fingerprint density at radius 1 is 1.18 bits per heavy atom. The van der Waals surface area contributed by atoms with Crippen LogP contribution in [0.3, 0.4) is 0 Å². The van der Waals surface area contributed by atoms with Gasteiger partial charge in [-0.2, -0.15) is 0 Å². The highest BCUT2D eigenvalue weighted by Gasteiger charge is 2.08. The molecule has 0 bridgehead atoms. The Morgan fingerprint density at radius 3 is 2.18 bits per heavy atom. The molecule has 0 aromatic carbocycles. The predicted octanol–water partition coefficient (Wildman–Crippen LogP) is 1.83. The summed E-state index contributed by atoms with van der Waals surface area (Å²) in [6.45, 7) is 3.53. The Morgan fingerprint density at radius 2 is 1.73 bits per heavy atom. The van der Waals surface area contributed by atoms with Crippen LogP contribution in [0.25, 0.3) is 0 Å². The lowest BCUT2D eigenvalue weighted by Crippen LogP contribution is -2.12. The molecule has 1 aliphatic carbocycles. The maximum atomic E-state index is 9.36. The molecule has 0 saturated carbocycles. The zero-order chi connectivity index (χ0) is 8.10. The first-order valence-corrected chi connectivity index (χ1v) is 3.67. The molecule has 1 unspecified atom stereocenters. The van der Waals surface area contributed by atoms with E-state index in [-0.39, 0.29) is 5.92 Å². The summed E-state index contributed by atoms with van der Waals surface area (Å²) in [7, 11) is 0. The molecule has 0 saturated heterocycles. The van der Waals surface area contributed by atoms with Gasteiger partial charge >= 0.3 is 0 Å². The molecule has 11 heavy (non-hydrogen) atoms. The van der Waals surface area contributed by atoms with E-state index in [1.807, 2.05) is 36.5 Å². The highest BCUT2D eigenvalue weighted by Crippen LogP contribution is 2.11. The molecule has 0 aromatic rings. The second kappa shape index (κ2) is 3.94. The molecule has 1 rings (SSSR count). The molecular formula is C10H12O. The van der Waals surface area contributed by atoms with Crippen LogP contribution in [0, 0.1) is 5.92 Å². The number of aliphatic hydroxyl groups is 1. The second-order valence-corrected chi connectivity index (χ2v) is 2.46. The van der Waals surface area contributed by atoms with Gasteiger partial charge in [-0.15, -0.1) is 6.58 Å². The van der Waals surface area contributed by atoms with E-state index >= 15 is 0 Å². The average molecular weight is 148 g/mol. The molecule has 0 fully saturated rings. The molecule has 1 nitrogen and oxygen atoms in total. The van der Waals surface area contributed by atoms with E-state index in [0.717, 1.165) is 0 Å². The fourth-order valence-electron chi connectivity index (χ4n) is 0.962. The average Bonchev–Trinajstić information content (AvgIpc) is 2.30. The van der Waals surface area contributed by atoms with Crippen LogP contribution in [0.5, 0.6) is 0 Å². The van der Waals surface area contributed by atoms with Crippen molar-refractivity contribution in [2.75, 3.05) is 0 Å². The van der Waals surface area contributed by atoms with Crippen LogP contribution in [0.15, 0.2) is 49.1 Å². The first-order valence-electron chi connectivity index (χ1n) is 3.67. The quantitative estimate of drug-likeness (QED) is 0.592. The largest absolute Gasteiger partial charge is 0.388 e. The summed E-state index contributed by atoms with van der Waals surface area (Å²) in [6.07, 6.45) is 12.7. The van der Waals surface area contributed by atoms with Gasteiger partial charge in [0.05, 0.1) is 6.10 Å².